The minimum atomic E-state index is -0.332. The summed E-state index contributed by atoms with van der Waals surface area (Å²) >= 11 is 0. The Morgan fingerprint density at radius 3 is 2.43 bits per heavy atom. The number of nitrogens with two attached hydrogens (primary N) is 1. The third-order valence-electron chi connectivity index (χ3n) is 3.04. The van der Waals surface area contributed by atoms with Crippen molar-refractivity contribution < 1.29 is 9.53 Å². The molecule has 2 rings (SSSR count). The van der Waals surface area contributed by atoms with Crippen LogP contribution >= 0.6 is 0 Å². The highest BCUT2D eigenvalue weighted by Gasteiger charge is 2.08. The number of amides is 1. The number of hydrogen-bond acceptors (Lipinski definition) is 4. The van der Waals surface area contributed by atoms with E-state index in [1.165, 1.54) is 0 Å². The summed E-state index contributed by atoms with van der Waals surface area (Å²) in [5.41, 5.74) is 10.7. The van der Waals surface area contributed by atoms with Crippen LogP contribution in [-0.4, -0.2) is 18.7 Å². The molecule has 0 heterocycles. The van der Waals surface area contributed by atoms with Gasteiger partial charge in [-0.25, -0.2) is 5.43 Å². The molecule has 0 atom stereocenters. The molecule has 0 spiro atoms. The third-order valence-corrected chi connectivity index (χ3v) is 3.04. The van der Waals surface area contributed by atoms with Gasteiger partial charge in [0.15, 0.2) is 0 Å². The molecular formula is C16H17N3O2. The predicted molar refractivity (Wildman–Crippen MR) is 83.5 cm³/mol. The maximum absolute atomic E-state index is 12.0. The highest BCUT2D eigenvalue weighted by Crippen LogP contribution is 2.12. The highest BCUT2D eigenvalue weighted by molar-refractivity contribution is 6.02. The third kappa shape index (κ3) is 3.60. The number of anilines is 1. The zero-order valence-corrected chi connectivity index (χ0v) is 12.0. The van der Waals surface area contributed by atoms with Gasteiger partial charge in [-0.3, -0.25) is 4.79 Å². The number of benzene rings is 2. The van der Waals surface area contributed by atoms with Crippen LogP contribution in [0.1, 0.15) is 22.8 Å². The van der Waals surface area contributed by atoms with E-state index < -0.39 is 0 Å². The van der Waals surface area contributed by atoms with Crippen LogP contribution in [0.3, 0.4) is 0 Å². The van der Waals surface area contributed by atoms with Crippen molar-refractivity contribution in [2.24, 2.45) is 5.10 Å². The summed E-state index contributed by atoms with van der Waals surface area (Å²) < 4.78 is 5.09. The standard InChI is InChI=1S/C16H17N3O2/c1-11(12-7-9-13(21-2)10-8-12)18-19-16(20)14-5-3-4-6-15(14)17/h3-10H,17H2,1-2H3,(H,19,20). The lowest BCUT2D eigenvalue weighted by molar-refractivity contribution is 0.0955. The van der Waals surface area contributed by atoms with Crippen molar-refractivity contribution >= 4 is 17.3 Å². The number of hydrazone groups is 1. The van der Waals surface area contributed by atoms with Crippen LogP contribution < -0.4 is 15.9 Å². The smallest absolute Gasteiger partial charge is 0.273 e. The van der Waals surface area contributed by atoms with Gasteiger partial charge in [-0.2, -0.15) is 5.10 Å². The summed E-state index contributed by atoms with van der Waals surface area (Å²) in [7, 11) is 1.61. The van der Waals surface area contributed by atoms with Crippen molar-refractivity contribution in [2.75, 3.05) is 12.8 Å². The van der Waals surface area contributed by atoms with Gasteiger partial charge >= 0.3 is 0 Å². The fourth-order valence-corrected chi connectivity index (χ4v) is 1.80. The molecule has 3 N–H and O–H groups in total. The largest absolute Gasteiger partial charge is 0.497 e. The summed E-state index contributed by atoms with van der Waals surface area (Å²) in [6.45, 7) is 1.82. The maximum Gasteiger partial charge on any atom is 0.273 e. The first kappa shape index (κ1) is 14.6. The topological polar surface area (TPSA) is 76.7 Å². The number of ether oxygens (including phenoxy) is 1. The Morgan fingerprint density at radius 2 is 1.81 bits per heavy atom. The van der Waals surface area contributed by atoms with Crippen LogP contribution in [-0.2, 0) is 0 Å². The average Bonchev–Trinajstić information content (AvgIpc) is 2.52. The first-order chi connectivity index (χ1) is 10.1. The normalized spacial score (nSPS) is 11.0. The summed E-state index contributed by atoms with van der Waals surface area (Å²) in [6.07, 6.45) is 0. The Labute approximate surface area is 123 Å². The van der Waals surface area contributed by atoms with Crippen LogP contribution in [0.5, 0.6) is 5.75 Å². The van der Waals surface area contributed by atoms with E-state index in [4.69, 9.17) is 10.5 Å². The lowest BCUT2D eigenvalue weighted by atomic mass is 10.1. The van der Waals surface area contributed by atoms with Gasteiger partial charge in [0.1, 0.15) is 5.75 Å². The number of rotatable bonds is 4. The summed E-state index contributed by atoms with van der Waals surface area (Å²) in [5.74, 6) is 0.439. The monoisotopic (exact) mass is 283 g/mol. The number of nitrogen functional groups attached to an aromatic ring is 1. The molecule has 21 heavy (non-hydrogen) atoms. The molecule has 0 aliphatic rings. The van der Waals surface area contributed by atoms with Crippen LogP contribution in [0.15, 0.2) is 53.6 Å². The zero-order valence-electron chi connectivity index (χ0n) is 12.0. The van der Waals surface area contributed by atoms with Crippen LogP contribution in [0, 0.1) is 0 Å². The lowest BCUT2D eigenvalue weighted by Gasteiger charge is -2.06. The number of carbonyl (C=O) groups excluding carboxylic acids is 1. The molecule has 0 radical (unpaired) electrons. The quantitative estimate of drug-likeness (QED) is 0.514. The number of nitrogens with one attached hydrogen (secondary N) is 1. The lowest BCUT2D eigenvalue weighted by Crippen LogP contribution is -2.20. The molecule has 0 saturated carbocycles. The summed E-state index contributed by atoms with van der Waals surface area (Å²) in [5, 5.41) is 4.09. The Kier molecular flexibility index (Phi) is 4.56. The van der Waals surface area contributed by atoms with E-state index in [1.54, 1.807) is 31.4 Å². The summed E-state index contributed by atoms with van der Waals surface area (Å²) in [6, 6.07) is 14.3. The van der Waals surface area contributed by atoms with E-state index in [9.17, 15) is 4.79 Å². The second kappa shape index (κ2) is 6.56. The molecule has 0 unspecified atom stereocenters. The molecule has 0 fully saturated rings. The van der Waals surface area contributed by atoms with E-state index in [2.05, 4.69) is 10.5 Å². The van der Waals surface area contributed by atoms with Gasteiger partial charge in [-0.05, 0) is 48.9 Å². The van der Waals surface area contributed by atoms with E-state index in [1.807, 2.05) is 31.2 Å². The van der Waals surface area contributed by atoms with E-state index in [0.717, 1.165) is 11.3 Å². The molecule has 0 bridgehead atoms. The van der Waals surface area contributed by atoms with Gasteiger partial charge in [-0.1, -0.05) is 12.1 Å². The highest BCUT2D eigenvalue weighted by atomic mass is 16.5. The van der Waals surface area contributed by atoms with Gasteiger partial charge in [0.2, 0.25) is 0 Å². The molecule has 2 aromatic carbocycles. The van der Waals surface area contributed by atoms with Crippen LogP contribution in [0.4, 0.5) is 5.69 Å². The fraction of sp³-hybridized carbons (Fsp3) is 0.125. The molecule has 2 aromatic rings. The summed E-state index contributed by atoms with van der Waals surface area (Å²) in [4.78, 5) is 12.0. The average molecular weight is 283 g/mol. The minimum Gasteiger partial charge on any atom is -0.497 e. The van der Waals surface area contributed by atoms with E-state index in [0.29, 0.717) is 17.0 Å². The van der Waals surface area contributed by atoms with Crippen molar-refractivity contribution in [3.63, 3.8) is 0 Å². The van der Waals surface area contributed by atoms with Crippen molar-refractivity contribution in [2.45, 2.75) is 6.92 Å². The first-order valence-electron chi connectivity index (χ1n) is 6.45. The fourth-order valence-electron chi connectivity index (χ4n) is 1.80. The Morgan fingerprint density at radius 1 is 1.14 bits per heavy atom. The number of para-hydroxylation sites is 1. The second-order valence-electron chi connectivity index (χ2n) is 4.45. The van der Waals surface area contributed by atoms with Crippen LogP contribution in [0.25, 0.3) is 0 Å². The zero-order chi connectivity index (χ0) is 15.2. The molecule has 0 saturated heterocycles. The molecule has 1 amide bonds. The Balaban J connectivity index is 2.09. The SMILES string of the molecule is COc1ccc(C(C)=NNC(=O)c2ccccc2N)cc1. The molecule has 5 nitrogen and oxygen atoms in total. The van der Waals surface area contributed by atoms with Crippen molar-refractivity contribution in [1.29, 1.82) is 0 Å². The van der Waals surface area contributed by atoms with Gasteiger partial charge in [0.25, 0.3) is 5.91 Å². The minimum absolute atomic E-state index is 0.332. The maximum atomic E-state index is 12.0. The van der Waals surface area contributed by atoms with Crippen molar-refractivity contribution in [3.05, 3.63) is 59.7 Å². The van der Waals surface area contributed by atoms with Crippen molar-refractivity contribution in [3.8, 4) is 5.75 Å². The van der Waals surface area contributed by atoms with Gasteiger partial charge in [-0.15, -0.1) is 0 Å². The number of nitrogens with zero attached hydrogens (tertiary/aromatic N) is 1. The molecule has 0 aromatic heterocycles. The first-order valence-corrected chi connectivity index (χ1v) is 6.45. The number of carbonyl (C=O) groups is 1. The Bertz CT molecular complexity index is 663. The molecule has 108 valence electrons. The van der Waals surface area contributed by atoms with Gasteiger partial charge in [0.05, 0.1) is 18.4 Å². The molecule has 5 heteroatoms. The number of hydrogen-bond donors (Lipinski definition) is 2. The van der Waals surface area contributed by atoms with E-state index >= 15 is 0 Å². The molecular weight excluding hydrogens is 266 g/mol. The Hall–Kier alpha value is -2.82. The molecule has 0 aliphatic carbocycles. The van der Waals surface area contributed by atoms with Gasteiger partial charge in [0, 0.05) is 5.69 Å². The number of methoxy groups -OCH3 is 1. The predicted octanol–water partition coefficient (Wildman–Crippen LogP) is 2.43. The van der Waals surface area contributed by atoms with E-state index in [-0.39, 0.29) is 5.91 Å². The van der Waals surface area contributed by atoms with Crippen molar-refractivity contribution in [1.82, 2.24) is 5.43 Å². The molecule has 0 aliphatic heterocycles. The van der Waals surface area contributed by atoms with Gasteiger partial charge < -0.3 is 10.5 Å². The van der Waals surface area contributed by atoms with Crippen LogP contribution in [0.2, 0.25) is 0 Å². The second-order valence-corrected chi connectivity index (χ2v) is 4.45.